The second-order valence-electron chi connectivity index (χ2n) is 8.02. The van der Waals surface area contributed by atoms with Gasteiger partial charge in [0.1, 0.15) is 0 Å². The SMILES string of the molecule is CC(C)OCCCn1c(=O)c2ccccc2n2c(=O)n(Cc3cccc(C(F)(F)F)c3)nc12. The first-order valence-electron chi connectivity index (χ1n) is 10.6. The minimum absolute atomic E-state index is 0.0487. The number of aromatic nitrogens is 4. The fourth-order valence-corrected chi connectivity index (χ4v) is 3.73. The lowest BCUT2D eigenvalue weighted by atomic mass is 10.1. The van der Waals surface area contributed by atoms with Crippen LogP contribution in [0.25, 0.3) is 16.7 Å². The van der Waals surface area contributed by atoms with Crippen LogP contribution in [0.5, 0.6) is 0 Å². The second-order valence-corrected chi connectivity index (χ2v) is 8.02. The van der Waals surface area contributed by atoms with Crippen LogP contribution in [0.2, 0.25) is 0 Å². The molecule has 7 nitrogen and oxygen atoms in total. The van der Waals surface area contributed by atoms with E-state index in [0.717, 1.165) is 16.8 Å². The molecule has 0 aliphatic rings. The molecule has 0 saturated heterocycles. The normalized spacial score (nSPS) is 12.3. The highest BCUT2D eigenvalue weighted by atomic mass is 19.4. The maximum Gasteiger partial charge on any atom is 0.416 e. The molecule has 0 saturated carbocycles. The lowest BCUT2D eigenvalue weighted by Crippen LogP contribution is -2.27. The molecule has 10 heteroatoms. The average molecular weight is 460 g/mol. The first-order valence-corrected chi connectivity index (χ1v) is 10.6. The summed E-state index contributed by atoms with van der Waals surface area (Å²) in [6.07, 6.45) is -3.91. The van der Waals surface area contributed by atoms with Gasteiger partial charge in [-0.2, -0.15) is 13.2 Å². The predicted molar refractivity (Wildman–Crippen MR) is 117 cm³/mol. The summed E-state index contributed by atoms with van der Waals surface area (Å²) in [4.78, 5) is 26.3. The number of alkyl halides is 3. The van der Waals surface area contributed by atoms with Crippen molar-refractivity contribution in [3.8, 4) is 0 Å². The van der Waals surface area contributed by atoms with E-state index in [4.69, 9.17) is 4.74 Å². The van der Waals surface area contributed by atoms with E-state index in [2.05, 4.69) is 5.10 Å². The maximum absolute atomic E-state index is 13.2. The van der Waals surface area contributed by atoms with Gasteiger partial charge in [0.15, 0.2) is 0 Å². The third kappa shape index (κ3) is 4.56. The van der Waals surface area contributed by atoms with Gasteiger partial charge in [-0.05, 0) is 50.1 Å². The van der Waals surface area contributed by atoms with Gasteiger partial charge in [-0.25, -0.2) is 13.9 Å². The van der Waals surface area contributed by atoms with Gasteiger partial charge in [0.25, 0.3) is 5.56 Å². The van der Waals surface area contributed by atoms with Gasteiger partial charge < -0.3 is 4.74 Å². The van der Waals surface area contributed by atoms with Crippen molar-refractivity contribution in [3.63, 3.8) is 0 Å². The smallest absolute Gasteiger partial charge is 0.379 e. The third-order valence-electron chi connectivity index (χ3n) is 5.25. The molecule has 0 radical (unpaired) electrons. The molecule has 0 N–H and O–H groups in total. The van der Waals surface area contributed by atoms with Crippen molar-refractivity contribution in [3.05, 3.63) is 80.5 Å². The molecule has 0 aliphatic carbocycles. The summed E-state index contributed by atoms with van der Waals surface area (Å²) in [5.41, 5.74) is -0.958. The highest BCUT2D eigenvalue weighted by Gasteiger charge is 2.30. The molecule has 0 fully saturated rings. The lowest BCUT2D eigenvalue weighted by Gasteiger charge is -2.11. The number of fused-ring (bicyclic) bond motifs is 3. The van der Waals surface area contributed by atoms with Crippen LogP contribution >= 0.6 is 0 Å². The van der Waals surface area contributed by atoms with Crippen molar-refractivity contribution < 1.29 is 17.9 Å². The Balaban J connectivity index is 1.81. The molecule has 33 heavy (non-hydrogen) atoms. The molecule has 0 atom stereocenters. The number of rotatable bonds is 7. The second kappa shape index (κ2) is 8.86. The Kier molecular flexibility index (Phi) is 6.11. The van der Waals surface area contributed by atoms with Gasteiger partial charge in [-0.3, -0.25) is 9.36 Å². The van der Waals surface area contributed by atoms with Crippen LogP contribution in [-0.4, -0.2) is 31.5 Å². The molecule has 2 heterocycles. The topological polar surface area (TPSA) is 70.5 Å². The summed E-state index contributed by atoms with van der Waals surface area (Å²) >= 11 is 0. The Labute approximate surface area is 186 Å². The van der Waals surface area contributed by atoms with Gasteiger partial charge >= 0.3 is 11.9 Å². The lowest BCUT2D eigenvalue weighted by molar-refractivity contribution is -0.137. The number of benzene rings is 2. The molecule has 0 bridgehead atoms. The van der Waals surface area contributed by atoms with E-state index in [-0.39, 0.29) is 36.1 Å². The molecular formula is C23H23F3N4O3. The van der Waals surface area contributed by atoms with Crippen molar-refractivity contribution in [1.82, 2.24) is 18.7 Å². The van der Waals surface area contributed by atoms with Crippen molar-refractivity contribution in [2.45, 2.75) is 45.6 Å². The van der Waals surface area contributed by atoms with Gasteiger partial charge in [0.05, 0.1) is 29.1 Å². The standard InChI is InChI=1S/C23H23F3N4O3/c1-15(2)33-12-6-11-28-20(31)18-9-3-4-10-19(18)30-21(28)27-29(22(30)32)14-16-7-5-8-17(13-16)23(24,25)26/h3-5,7-10,13,15H,6,11-12,14H2,1-2H3. The van der Waals surface area contributed by atoms with E-state index in [9.17, 15) is 22.8 Å². The number of nitrogens with zero attached hydrogens (tertiary/aromatic N) is 4. The van der Waals surface area contributed by atoms with Crippen LogP contribution in [0, 0.1) is 0 Å². The quantitative estimate of drug-likeness (QED) is 0.395. The fraction of sp³-hybridized carbons (Fsp3) is 0.348. The number of halogens is 3. The van der Waals surface area contributed by atoms with Gasteiger partial charge in [-0.1, -0.05) is 24.3 Å². The van der Waals surface area contributed by atoms with Crippen molar-refractivity contribution in [2.24, 2.45) is 0 Å². The van der Waals surface area contributed by atoms with Crippen molar-refractivity contribution >= 4 is 16.7 Å². The van der Waals surface area contributed by atoms with E-state index in [1.807, 2.05) is 13.8 Å². The Morgan fingerprint density at radius 3 is 2.55 bits per heavy atom. The van der Waals surface area contributed by atoms with Crippen LogP contribution in [0.1, 0.15) is 31.4 Å². The minimum Gasteiger partial charge on any atom is -0.379 e. The van der Waals surface area contributed by atoms with Crippen LogP contribution in [0.15, 0.2) is 58.1 Å². The molecule has 0 unspecified atom stereocenters. The first kappa shape index (κ1) is 22.8. The number of ether oxygens (including phenoxy) is 1. The van der Waals surface area contributed by atoms with Crippen LogP contribution in [-0.2, 0) is 24.0 Å². The zero-order valence-corrected chi connectivity index (χ0v) is 18.2. The van der Waals surface area contributed by atoms with Crippen LogP contribution in [0.4, 0.5) is 13.2 Å². The van der Waals surface area contributed by atoms with Gasteiger partial charge in [0, 0.05) is 13.2 Å². The molecule has 0 aliphatic heterocycles. The predicted octanol–water partition coefficient (Wildman–Crippen LogP) is 3.69. The molecule has 4 rings (SSSR count). The molecule has 2 aromatic heterocycles. The minimum atomic E-state index is -4.49. The van der Waals surface area contributed by atoms with E-state index in [1.54, 1.807) is 24.3 Å². The summed E-state index contributed by atoms with van der Waals surface area (Å²) in [6.45, 7) is 4.37. The number of para-hydroxylation sites is 1. The monoisotopic (exact) mass is 460 g/mol. The summed E-state index contributed by atoms with van der Waals surface area (Å²) in [5.74, 6) is 0.139. The fourth-order valence-electron chi connectivity index (χ4n) is 3.73. The van der Waals surface area contributed by atoms with Crippen LogP contribution in [0.3, 0.4) is 0 Å². The molecular weight excluding hydrogens is 437 g/mol. The Bertz CT molecular complexity index is 1420. The summed E-state index contributed by atoms with van der Waals surface area (Å²) in [5, 5.41) is 4.69. The third-order valence-corrected chi connectivity index (χ3v) is 5.25. The summed E-state index contributed by atoms with van der Waals surface area (Å²) < 4.78 is 48.6. The summed E-state index contributed by atoms with van der Waals surface area (Å²) in [7, 11) is 0. The van der Waals surface area contributed by atoms with Crippen molar-refractivity contribution in [2.75, 3.05) is 6.61 Å². The Hall–Kier alpha value is -3.40. The number of hydrogen-bond acceptors (Lipinski definition) is 4. The Morgan fingerprint density at radius 2 is 1.82 bits per heavy atom. The van der Waals surface area contributed by atoms with Crippen LogP contribution < -0.4 is 11.2 Å². The first-order chi connectivity index (χ1) is 15.7. The van der Waals surface area contributed by atoms with E-state index in [0.29, 0.717) is 23.9 Å². The number of hydrogen-bond donors (Lipinski definition) is 0. The largest absolute Gasteiger partial charge is 0.416 e. The van der Waals surface area contributed by atoms with Crippen molar-refractivity contribution in [1.29, 1.82) is 0 Å². The molecule has 2 aromatic carbocycles. The maximum atomic E-state index is 13.2. The number of aryl methyl sites for hydroxylation is 1. The van der Waals surface area contributed by atoms with Gasteiger partial charge in [0.2, 0.25) is 5.78 Å². The molecule has 0 spiro atoms. The van der Waals surface area contributed by atoms with E-state index >= 15 is 0 Å². The molecule has 4 aromatic rings. The summed E-state index contributed by atoms with van der Waals surface area (Å²) in [6, 6.07) is 11.4. The zero-order chi connectivity index (χ0) is 23.8. The molecule has 0 amide bonds. The van der Waals surface area contributed by atoms with Gasteiger partial charge in [-0.15, -0.1) is 5.10 Å². The average Bonchev–Trinajstić information content (AvgIpc) is 3.08. The highest BCUT2D eigenvalue weighted by molar-refractivity contribution is 5.80. The highest BCUT2D eigenvalue weighted by Crippen LogP contribution is 2.29. The van der Waals surface area contributed by atoms with E-state index < -0.39 is 17.4 Å². The molecule has 174 valence electrons. The Morgan fingerprint density at radius 1 is 1.06 bits per heavy atom. The zero-order valence-electron chi connectivity index (χ0n) is 18.2. The van der Waals surface area contributed by atoms with E-state index in [1.165, 1.54) is 21.1 Å².